The predicted octanol–water partition coefficient (Wildman–Crippen LogP) is 1.31. The van der Waals surface area contributed by atoms with Gasteiger partial charge < -0.3 is 5.32 Å². The van der Waals surface area contributed by atoms with Gasteiger partial charge in [-0.3, -0.25) is 4.98 Å². The Balaban J connectivity index is 2.17. The minimum atomic E-state index is -3.57. The minimum absolute atomic E-state index is 0.179. The fourth-order valence-corrected chi connectivity index (χ4v) is 2.67. The van der Waals surface area contributed by atoms with Gasteiger partial charge in [0, 0.05) is 38.2 Å². The molecular weight excluding hydrogens is 276 g/mol. The molecule has 0 aliphatic rings. The maximum atomic E-state index is 12.2. The molecule has 2 N–H and O–H groups in total. The number of hydrogen-bond acceptors (Lipinski definition) is 5. The largest absolute Gasteiger partial charge is 0.373 e. The standard InChI is InChI=1S/C13H16N4O2S/c1-10-3-5-15-8-11(10)9-17-20(18,19)12-4-6-16-13(7-12)14-2/h3-8,17H,9H2,1-2H3,(H,14,16). The first-order valence-electron chi connectivity index (χ1n) is 6.06. The van der Waals surface area contributed by atoms with Crippen molar-refractivity contribution in [2.45, 2.75) is 18.4 Å². The van der Waals surface area contributed by atoms with E-state index in [1.54, 1.807) is 19.4 Å². The van der Waals surface area contributed by atoms with E-state index in [1.807, 2.05) is 13.0 Å². The highest BCUT2D eigenvalue weighted by atomic mass is 32.2. The lowest BCUT2D eigenvalue weighted by molar-refractivity contribution is 0.581. The number of anilines is 1. The van der Waals surface area contributed by atoms with E-state index in [0.717, 1.165) is 11.1 Å². The Hall–Kier alpha value is -1.99. The van der Waals surface area contributed by atoms with Gasteiger partial charge in [-0.25, -0.2) is 18.1 Å². The lowest BCUT2D eigenvalue weighted by atomic mass is 10.2. The van der Waals surface area contributed by atoms with Gasteiger partial charge in [-0.15, -0.1) is 0 Å². The van der Waals surface area contributed by atoms with Crippen LogP contribution in [0.4, 0.5) is 5.82 Å². The van der Waals surface area contributed by atoms with Gasteiger partial charge in [0.15, 0.2) is 0 Å². The van der Waals surface area contributed by atoms with Gasteiger partial charge in [0.2, 0.25) is 10.0 Å². The molecule has 106 valence electrons. The molecule has 0 amide bonds. The van der Waals surface area contributed by atoms with Crippen LogP contribution in [0.25, 0.3) is 0 Å². The maximum absolute atomic E-state index is 12.2. The summed E-state index contributed by atoms with van der Waals surface area (Å²) >= 11 is 0. The second-order valence-electron chi connectivity index (χ2n) is 4.25. The Labute approximate surface area is 118 Å². The molecule has 0 fully saturated rings. The normalized spacial score (nSPS) is 11.3. The lowest BCUT2D eigenvalue weighted by Crippen LogP contribution is -2.23. The van der Waals surface area contributed by atoms with Crippen molar-refractivity contribution in [1.29, 1.82) is 0 Å². The summed E-state index contributed by atoms with van der Waals surface area (Å²) in [4.78, 5) is 8.16. The van der Waals surface area contributed by atoms with Crippen LogP contribution in [-0.2, 0) is 16.6 Å². The molecular formula is C13H16N4O2S. The molecule has 2 rings (SSSR count). The first-order chi connectivity index (χ1) is 9.53. The van der Waals surface area contributed by atoms with Crippen molar-refractivity contribution in [2.75, 3.05) is 12.4 Å². The zero-order valence-corrected chi connectivity index (χ0v) is 12.1. The van der Waals surface area contributed by atoms with E-state index in [0.29, 0.717) is 5.82 Å². The van der Waals surface area contributed by atoms with Gasteiger partial charge in [0.25, 0.3) is 0 Å². The van der Waals surface area contributed by atoms with Crippen molar-refractivity contribution >= 4 is 15.8 Å². The second kappa shape index (κ2) is 5.98. The van der Waals surface area contributed by atoms with Crippen molar-refractivity contribution in [3.8, 4) is 0 Å². The van der Waals surface area contributed by atoms with Crippen molar-refractivity contribution < 1.29 is 8.42 Å². The maximum Gasteiger partial charge on any atom is 0.241 e. The first-order valence-corrected chi connectivity index (χ1v) is 7.54. The van der Waals surface area contributed by atoms with E-state index in [-0.39, 0.29) is 11.4 Å². The highest BCUT2D eigenvalue weighted by Gasteiger charge is 2.14. The van der Waals surface area contributed by atoms with Crippen LogP contribution in [0.5, 0.6) is 0 Å². The van der Waals surface area contributed by atoms with Crippen LogP contribution in [0.2, 0.25) is 0 Å². The van der Waals surface area contributed by atoms with Crippen LogP contribution >= 0.6 is 0 Å². The Morgan fingerprint density at radius 1 is 1.25 bits per heavy atom. The molecule has 0 saturated carbocycles. The zero-order chi connectivity index (χ0) is 14.6. The molecule has 0 unspecified atom stereocenters. The topological polar surface area (TPSA) is 84.0 Å². The summed E-state index contributed by atoms with van der Waals surface area (Å²) in [6.45, 7) is 2.12. The number of pyridine rings is 2. The molecule has 2 aromatic heterocycles. The molecule has 0 atom stereocenters. The Morgan fingerprint density at radius 2 is 2.05 bits per heavy atom. The predicted molar refractivity (Wildman–Crippen MR) is 76.8 cm³/mol. The third-order valence-electron chi connectivity index (χ3n) is 2.90. The number of sulfonamides is 1. The van der Waals surface area contributed by atoms with E-state index in [9.17, 15) is 8.42 Å². The molecule has 0 aliphatic heterocycles. The van der Waals surface area contributed by atoms with Gasteiger partial charge in [-0.05, 0) is 30.2 Å². The molecule has 0 radical (unpaired) electrons. The van der Waals surface area contributed by atoms with E-state index in [2.05, 4.69) is 20.0 Å². The van der Waals surface area contributed by atoms with E-state index < -0.39 is 10.0 Å². The summed E-state index contributed by atoms with van der Waals surface area (Å²) in [5.74, 6) is 0.505. The fraction of sp³-hybridized carbons (Fsp3) is 0.231. The fourth-order valence-electron chi connectivity index (χ4n) is 1.65. The highest BCUT2D eigenvalue weighted by molar-refractivity contribution is 7.89. The Kier molecular flexibility index (Phi) is 4.31. The highest BCUT2D eigenvalue weighted by Crippen LogP contribution is 2.13. The van der Waals surface area contributed by atoms with Crippen molar-refractivity contribution in [1.82, 2.24) is 14.7 Å². The minimum Gasteiger partial charge on any atom is -0.373 e. The number of rotatable bonds is 5. The zero-order valence-electron chi connectivity index (χ0n) is 11.3. The van der Waals surface area contributed by atoms with Crippen LogP contribution in [0, 0.1) is 6.92 Å². The SMILES string of the molecule is CNc1cc(S(=O)(=O)NCc2cnccc2C)ccn1. The summed E-state index contributed by atoms with van der Waals surface area (Å²) in [6, 6.07) is 4.78. The quantitative estimate of drug-likeness (QED) is 0.868. The van der Waals surface area contributed by atoms with Crippen LogP contribution in [0.1, 0.15) is 11.1 Å². The van der Waals surface area contributed by atoms with Gasteiger partial charge in [-0.2, -0.15) is 0 Å². The van der Waals surface area contributed by atoms with Gasteiger partial charge in [0.05, 0.1) is 4.90 Å². The Bertz CT molecular complexity index is 701. The summed E-state index contributed by atoms with van der Waals surface area (Å²) in [5, 5.41) is 2.81. The number of nitrogens with one attached hydrogen (secondary N) is 2. The number of aromatic nitrogens is 2. The molecule has 6 nitrogen and oxygen atoms in total. The monoisotopic (exact) mass is 292 g/mol. The van der Waals surface area contributed by atoms with Gasteiger partial charge in [-0.1, -0.05) is 0 Å². The van der Waals surface area contributed by atoms with Gasteiger partial charge in [0.1, 0.15) is 5.82 Å². The molecule has 0 saturated heterocycles. The summed E-state index contributed by atoms with van der Waals surface area (Å²) < 4.78 is 27.0. The average molecular weight is 292 g/mol. The van der Waals surface area contributed by atoms with Crippen LogP contribution in [-0.4, -0.2) is 25.4 Å². The first kappa shape index (κ1) is 14.4. The molecule has 0 spiro atoms. The molecule has 0 aromatic carbocycles. The molecule has 20 heavy (non-hydrogen) atoms. The van der Waals surface area contributed by atoms with Gasteiger partial charge >= 0.3 is 0 Å². The molecule has 0 bridgehead atoms. The molecule has 2 aromatic rings. The van der Waals surface area contributed by atoms with Crippen molar-refractivity contribution in [3.63, 3.8) is 0 Å². The van der Waals surface area contributed by atoms with Crippen LogP contribution in [0.3, 0.4) is 0 Å². The third-order valence-corrected chi connectivity index (χ3v) is 4.30. The van der Waals surface area contributed by atoms with Crippen LogP contribution < -0.4 is 10.0 Å². The van der Waals surface area contributed by atoms with Crippen LogP contribution in [0.15, 0.2) is 41.7 Å². The summed E-state index contributed by atoms with van der Waals surface area (Å²) in [5.41, 5.74) is 1.84. The average Bonchev–Trinajstić information content (AvgIpc) is 2.46. The van der Waals surface area contributed by atoms with Crippen molar-refractivity contribution in [3.05, 3.63) is 47.9 Å². The number of aryl methyl sites for hydroxylation is 1. The molecule has 7 heteroatoms. The Morgan fingerprint density at radius 3 is 2.75 bits per heavy atom. The number of nitrogens with zero attached hydrogens (tertiary/aromatic N) is 2. The van der Waals surface area contributed by atoms with Crippen molar-refractivity contribution in [2.24, 2.45) is 0 Å². The third kappa shape index (κ3) is 3.31. The molecule has 2 heterocycles. The summed E-state index contributed by atoms with van der Waals surface area (Å²) in [6.07, 6.45) is 4.79. The second-order valence-corrected chi connectivity index (χ2v) is 6.02. The smallest absolute Gasteiger partial charge is 0.241 e. The summed E-state index contributed by atoms with van der Waals surface area (Å²) in [7, 11) is -1.88. The lowest BCUT2D eigenvalue weighted by Gasteiger charge is -2.09. The molecule has 0 aliphatic carbocycles. The number of hydrogen-bond donors (Lipinski definition) is 2. The van der Waals surface area contributed by atoms with E-state index in [1.165, 1.54) is 18.3 Å². The van der Waals surface area contributed by atoms with E-state index in [4.69, 9.17) is 0 Å². The van der Waals surface area contributed by atoms with E-state index >= 15 is 0 Å².